The Morgan fingerprint density at radius 1 is 1.26 bits per heavy atom. The summed E-state index contributed by atoms with van der Waals surface area (Å²) in [5.74, 6) is -0.945. The molecule has 0 aromatic rings. The van der Waals surface area contributed by atoms with Gasteiger partial charge in [0.05, 0.1) is 5.41 Å². The van der Waals surface area contributed by atoms with Crippen LogP contribution in [0.5, 0.6) is 0 Å². The normalized spacial score (nSPS) is 29.3. The molecule has 0 aromatic carbocycles. The molecule has 2 aliphatic rings. The van der Waals surface area contributed by atoms with E-state index in [4.69, 9.17) is 0 Å². The van der Waals surface area contributed by atoms with E-state index in [1.54, 1.807) is 0 Å². The van der Waals surface area contributed by atoms with Crippen molar-refractivity contribution in [1.82, 2.24) is 10.6 Å². The molecule has 5 heteroatoms. The summed E-state index contributed by atoms with van der Waals surface area (Å²) in [7, 11) is 0. The van der Waals surface area contributed by atoms with E-state index in [1.165, 1.54) is 0 Å². The monoisotopic (exact) mass is 268 g/mol. The summed E-state index contributed by atoms with van der Waals surface area (Å²) in [4.78, 5) is 24.1. The smallest absolute Gasteiger partial charge is 0.329 e. The van der Waals surface area contributed by atoms with Gasteiger partial charge in [-0.3, -0.25) is 4.79 Å². The Labute approximate surface area is 114 Å². The third-order valence-electron chi connectivity index (χ3n) is 4.67. The van der Waals surface area contributed by atoms with Crippen molar-refractivity contribution in [1.29, 1.82) is 0 Å². The van der Waals surface area contributed by atoms with Gasteiger partial charge in [-0.15, -0.1) is 0 Å². The van der Waals surface area contributed by atoms with Crippen molar-refractivity contribution in [3.63, 3.8) is 0 Å². The molecule has 0 aromatic heterocycles. The van der Waals surface area contributed by atoms with Crippen LogP contribution in [0.3, 0.4) is 0 Å². The summed E-state index contributed by atoms with van der Waals surface area (Å²) < 4.78 is 0. The minimum absolute atomic E-state index is 0.0661. The summed E-state index contributed by atoms with van der Waals surface area (Å²) in [6, 6.07) is 0. The Morgan fingerprint density at radius 3 is 2.42 bits per heavy atom. The van der Waals surface area contributed by atoms with Gasteiger partial charge in [0.2, 0.25) is 5.91 Å². The Hall–Kier alpha value is -1.10. The molecule has 5 nitrogen and oxygen atoms in total. The van der Waals surface area contributed by atoms with E-state index < -0.39 is 16.9 Å². The minimum atomic E-state index is -1.01. The number of amides is 1. The lowest BCUT2D eigenvalue weighted by molar-refractivity contribution is -0.149. The highest BCUT2D eigenvalue weighted by atomic mass is 16.4. The maximum Gasteiger partial charge on any atom is 0.329 e. The van der Waals surface area contributed by atoms with Gasteiger partial charge >= 0.3 is 5.97 Å². The summed E-state index contributed by atoms with van der Waals surface area (Å²) in [6.45, 7) is 3.58. The lowest BCUT2D eigenvalue weighted by Crippen LogP contribution is -2.57. The number of nitrogens with one attached hydrogen (secondary N) is 2. The zero-order valence-electron chi connectivity index (χ0n) is 11.6. The van der Waals surface area contributed by atoms with E-state index in [9.17, 15) is 14.7 Å². The van der Waals surface area contributed by atoms with Crippen molar-refractivity contribution in [2.45, 2.75) is 57.4 Å². The number of carbonyl (C=O) groups is 2. The lowest BCUT2D eigenvalue weighted by Gasteiger charge is -2.33. The van der Waals surface area contributed by atoms with Crippen LogP contribution in [-0.2, 0) is 9.59 Å². The molecule has 1 aliphatic carbocycles. The quantitative estimate of drug-likeness (QED) is 0.702. The van der Waals surface area contributed by atoms with Crippen LogP contribution >= 0.6 is 0 Å². The van der Waals surface area contributed by atoms with Crippen molar-refractivity contribution in [3.8, 4) is 0 Å². The van der Waals surface area contributed by atoms with Crippen LogP contribution in [0.4, 0.5) is 0 Å². The highest BCUT2D eigenvalue weighted by Crippen LogP contribution is 2.35. The van der Waals surface area contributed by atoms with Gasteiger partial charge in [0.25, 0.3) is 0 Å². The molecule has 1 amide bonds. The van der Waals surface area contributed by atoms with Crippen molar-refractivity contribution in [2.75, 3.05) is 13.1 Å². The molecule has 108 valence electrons. The van der Waals surface area contributed by atoms with Gasteiger partial charge in [-0.1, -0.05) is 26.2 Å². The molecular formula is C14H24N2O3. The molecule has 2 fully saturated rings. The average molecular weight is 268 g/mol. The topological polar surface area (TPSA) is 78.4 Å². The lowest BCUT2D eigenvalue weighted by atomic mass is 9.80. The maximum atomic E-state index is 12.6. The third kappa shape index (κ3) is 2.61. The largest absolute Gasteiger partial charge is 0.480 e. The number of hydrogen-bond acceptors (Lipinski definition) is 3. The van der Waals surface area contributed by atoms with E-state index in [0.717, 1.165) is 38.6 Å². The number of carbonyl (C=O) groups excluding carboxylic acids is 1. The van der Waals surface area contributed by atoms with Crippen LogP contribution in [0.2, 0.25) is 0 Å². The Balaban J connectivity index is 2.12. The highest BCUT2D eigenvalue weighted by Gasteiger charge is 2.48. The molecule has 0 spiro atoms. The van der Waals surface area contributed by atoms with E-state index in [2.05, 4.69) is 17.6 Å². The number of carboxylic acid groups (broad SMARTS) is 1. The van der Waals surface area contributed by atoms with E-state index in [1.807, 2.05) is 0 Å². The number of rotatable bonds is 5. The van der Waals surface area contributed by atoms with Gasteiger partial charge in [0.1, 0.15) is 5.54 Å². The van der Waals surface area contributed by atoms with Crippen molar-refractivity contribution in [3.05, 3.63) is 0 Å². The molecule has 19 heavy (non-hydrogen) atoms. The maximum absolute atomic E-state index is 12.6. The second-order valence-electron chi connectivity index (χ2n) is 6.01. The molecule has 2 rings (SSSR count). The van der Waals surface area contributed by atoms with E-state index in [0.29, 0.717) is 19.4 Å². The Morgan fingerprint density at radius 2 is 1.95 bits per heavy atom. The van der Waals surface area contributed by atoms with Gasteiger partial charge in [-0.05, 0) is 32.2 Å². The molecule has 1 heterocycles. The highest BCUT2D eigenvalue weighted by molar-refractivity contribution is 5.90. The fraction of sp³-hybridized carbons (Fsp3) is 0.857. The van der Waals surface area contributed by atoms with E-state index in [-0.39, 0.29) is 5.91 Å². The summed E-state index contributed by atoms with van der Waals surface area (Å²) in [5, 5.41) is 15.6. The van der Waals surface area contributed by atoms with Crippen LogP contribution in [0.25, 0.3) is 0 Å². The van der Waals surface area contributed by atoms with Crippen LogP contribution in [-0.4, -0.2) is 35.6 Å². The molecule has 1 saturated carbocycles. The van der Waals surface area contributed by atoms with Crippen LogP contribution in [0.1, 0.15) is 51.9 Å². The van der Waals surface area contributed by atoms with Gasteiger partial charge in [-0.25, -0.2) is 4.79 Å². The van der Waals surface area contributed by atoms with Gasteiger partial charge in [0.15, 0.2) is 0 Å². The Kier molecular flexibility index (Phi) is 4.13. The summed E-state index contributed by atoms with van der Waals surface area (Å²) in [5.41, 5.74) is -1.42. The molecule has 1 aliphatic heterocycles. The first-order valence-electron chi connectivity index (χ1n) is 7.31. The summed E-state index contributed by atoms with van der Waals surface area (Å²) in [6.07, 6.45) is 5.45. The molecule has 0 bridgehead atoms. The molecule has 1 unspecified atom stereocenters. The number of aliphatic carboxylic acids is 1. The molecule has 1 atom stereocenters. The van der Waals surface area contributed by atoms with Crippen molar-refractivity contribution in [2.24, 2.45) is 5.41 Å². The second kappa shape index (κ2) is 5.49. The van der Waals surface area contributed by atoms with E-state index >= 15 is 0 Å². The van der Waals surface area contributed by atoms with Crippen LogP contribution in [0.15, 0.2) is 0 Å². The fourth-order valence-corrected chi connectivity index (χ4v) is 3.46. The number of carboxylic acids is 1. The minimum Gasteiger partial charge on any atom is -0.480 e. The second-order valence-corrected chi connectivity index (χ2v) is 6.01. The predicted octanol–water partition coefficient (Wildman–Crippen LogP) is 1.28. The van der Waals surface area contributed by atoms with Crippen molar-refractivity contribution < 1.29 is 14.7 Å². The van der Waals surface area contributed by atoms with Gasteiger partial charge in [-0.2, -0.15) is 0 Å². The molecule has 0 radical (unpaired) electrons. The van der Waals surface area contributed by atoms with Gasteiger partial charge < -0.3 is 15.7 Å². The SMILES string of the molecule is CCCC1(C(=O)NC2(C(=O)O)CCCC2)CCNC1. The van der Waals surface area contributed by atoms with Crippen LogP contribution < -0.4 is 10.6 Å². The molecule has 3 N–H and O–H groups in total. The Bertz CT molecular complexity index is 356. The van der Waals surface area contributed by atoms with Crippen LogP contribution in [0, 0.1) is 5.41 Å². The van der Waals surface area contributed by atoms with Crippen molar-refractivity contribution >= 4 is 11.9 Å². The zero-order chi connectivity index (χ0) is 13.9. The zero-order valence-corrected chi connectivity index (χ0v) is 11.6. The van der Waals surface area contributed by atoms with Gasteiger partial charge in [0, 0.05) is 6.54 Å². The molecule has 1 saturated heterocycles. The third-order valence-corrected chi connectivity index (χ3v) is 4.67. The summed E-state index contributed by atoms with van der Waals surface area (Å²) >= 11 is 0. The fourth-order valence-electron chi connectivity index (χ4n) is 3.46. The predicted molar refractivity (Wildman–Crippen MR) is 71.8 cm³/mol. The number of hydrogen-bond donors (Lipinski definition) is 3. The standard InChI is InChI=1S/C14H24N2O3/c1-2-5-13(8-9-15-10-13)11(17)16-14(12(18)19)6-3-4-7-14/h15H,2-10H2,1H3,(H,16,17)(H,18,19). The first-order chi connectivity index (χ1) is 9.05. The first-order valence-corrected chi connectivity index (χ1v) is 7.31. The average Bonchev–Trinajstić information content (AvgIpc) is 3.00. The molecular weight excluding hydrogens is 244 g/mol. The first kappa shape index (κ1) is 14.3.